The molecule has 0 amide bonds. The fourth-order valence-corrected chi connectivity index (χ4v) is 1.54. The lowest BCUT2D eigenvalue weighted by Gasteiger charge is -2.28. The predicted molar refractivity (Wildman–Crippen MR) is 61.9 cm³/mol. The highest BCUT2D eigenvalue weighted by atomic mass is 16.1. The smallest absolute Gasteiger partial charge is 0.146 e. The van der Waals surface area contributed by atoms with Gasteiger partial charge in [0.1, 0.15) is 11.8 Å². The lowest BCUT2D eigenvalue weighted by molar-refractivity contribution is -0.111. The third kappa shape index (κ3) is 3.72. The van der Waals surface area contributed by atoms with Gasteiger partial charge in [-0.15, -0.1) is 0 Å². The number of carbonyl (C=O) groups is 1. The Morgan fingerprint density at radius 1 is 1.53 bits per heavy atom. The maximum atomic E-state index is 11.1. The summed E-state index contributed by atoms with van der Waals surface area (Å²) in [5.41, 5.74) is 0.274. The Hall–Kier alpha value is -1.35. The van der Waals surface area contributed by atoms with Crippen LogP contribution in [-0.2, 0) is 4.79 Å². The van der Waals surface area contributed by atoms with E-state index in [-0.39, 0.29) is 0 Å². The van der Waals surface area contributed by atoms with Gasteiger partial charge in [-0.1, -0.05) is 18.2 Å². The number of anilines is 1. The lowest BCUT2D eigenvalue weighted by atomic mass is 10.0. The molecule has 0 saturated carbocycles. The third-order valence-electron chi connectivity index (χ3n) is 2.03. The molecule has 1 aromatic carbocycles. The van der Waals surface area contributed by atoms with Gasteiger partial charge in [-0.25, -0.2) is 0 Å². The van der Waals surface area contributed by atoms with E-state index in [9.17, 15) is 4.79 Å². The molecular weight excluding hydrogens is 188 g/mol. The van der Waals surface area contributed by atoms with Crippen LogP contribution in [0.4, 0.5) is 5.69 Å². The Kier molecular flexibility index (Phi) is 3.86. The molecule has 15 heavy (non-hydrogen) atoms. The largest absolute Gasteiger partial charge is 0.372 e. The Balaban J connectivity index is 2.72. The number of carbonyl (C=O) groups excluding carboxylic acids is 1. The molecule has 0 aliphatic rings. The Morgan fingerprint density at radius 2 is 2.27 bits per heavy atom. The van der Waals surface area contributed by atoms with Crippen molar-refractivity contribution in [2.75, 3.05) is 26.0 Å². The van der Waals surface area contributed by atoms with Crippen LogP contribution in [0.15, 0.2) is 24.3 Å². The standard InChI is InChI=1S/C12H17N2O/c1-12(10-15,9-14(2)3)13-11-7-5-4-6-8-11/h4-7,10,13H,9H2,1-3H3. The summed E-state index contributed by atoms with van der Waals surface area (Å²) in [5, 5.41) is 3.17. The molecule has 1 radical (unpaired) electrons. The van der Waals surface area contributed by atoms with Crippen LogP contribution in [0.5, 0.6) is 0 Å². The first kappa shape index (κ1) is 11.7. The van der Waals surface area contributed by atoms with E-state index in [1.165, 1.54) is 0 Å². The van der Waals surface area contributed by atoms with Crippen molar-refractivity contribution in [1.82, 2.24) is 4.90 Å². The Labute approximate surface area is 91.1 Å². The maximum Gasteiger partial charge on any atom is 0.146 e. The second kappa shape index (κ2) is 4.94. The molecule has 1 atom stereocenters. The van der Waals surface area contributed by atoms with Crippen LogP contribution in [0.2, 0.25) is 0 Å². The van der Waals surface area contributed by atoms with Gasteiger partial charge in [-0.2, -0.15) is 0 Å². The van der Waals surface area contributed by atoms with E-state index in [0.717, 1.165) is 12.0 Å². The zero-order valence-corrected chi connectivity index (χ0v) is 9.45. The van der Waals surface area contributed by atoms with Crippen molar-refractivity contribution in [1.29, 1.82) is 0 Å². The Morgan fingerprint density at radius 3 is 2.73 bits per heavy atom. The SMILES string of the molecule is CN(C)CC(C)(C=O)Nc1[c]cccc1. The molecule has 1 unspecified atom stereocenters. The highest BCUT2D eigenvalue weighted by molar-refractivity contribution is 5.70. The number of rotatable bonds is 5. The number of likely N-dealkylation sites (N-methyl/N-ethyl adjacent to an activating group) is 1. The summed E-state index contributed by atoms with van der Waals surface area (Å²) < 4.78 is 0. The number of benzene rings is 1. The molecule has 0 spiro atoms. The summed E-state index contributed by atoms with van der Waals surface area (Å²) in [7, 11) is 3.89. The van der Waals surface area contributed by atoms with E-state index in [1.54, 1.807) is 0 Å². The quantitative estimate of drug-likeness (QED) is 0.738. The normalized spacial score (nSPS) is 14.7. The van der Waals surface area contributed by atoms with Gasteiger partial charge in [0.25, 0.3) is 0 Å². The minimum absolute atomic E-state index is 0.568. The second-order valence-corrected chi connectivity index (χ2v) is 4.17. The number of para-hydroxylation sites is 1. The first-order valence-corrected chi connectivity index (χ1v) is 4.92. The lowest BCUT2D eigenvalue weighted by Crippen LogP contribution is -2.45. The zero-order chi connectivity index (χ0) is 11.3. The van der Waals surface area contributed by atoms with E-state index >= 15 is 0 Å². The predicted octanol–water partition coefficient (Wildman–Crippen LogP) is 1.42. The zero-order valence-electron chi connectivity index (χ0n) is 9.45. The van der Waals surface area contributed by atoms with Gasteiger partial charge < -0.3 is 15.0 Å². The molecule has 81 valence electrons. The van der Waals surface area contributed by atoms with Crippen molar-refractivity contribution >= 4 is 12.0 Å². The van der Waals surface area contributed by atoms with E-state index < -0.39 is 5.54 Å². The van der Waals surface area contributed by atoms with Crippen molar-refractivity contribution in [2.45, 2.75) is 12.5 Å². The number of hydrogen-bond donors (Lipinski definition) is 1. The van der Waals surface area contributed by atoms with Crippen LogP contribution in [0.1, 0.15) is 6.92 Å². The van der Waals surface area contributed by atoms with Crippen molar-refractivity contribution in [3.63, 3.8) is 0 Å². The maximum absolute atomic E-state index is 11.1. The summed E-state index contributed by atoms with van der Waals surface area (Å²) in [6.07, 6.45) is 0.938. The molecule has 1 N–H and O–H groups in total. The fraction of sp³-hybridized carbons (Fsp3) is 0.417. The van der Waals surface area contributed by atoms with Gasteiger partial charge in [0.15, 0.2) is 0 Å². The minimum atomic E-state index is -0.568. The topological polar surface area (TPSA) is 32.3 Å². The molecule has 1 rings (SSSR count). The number of nitrogens with zero attached hydrogens (tertiary/aromatic N) is 1. The van der Waals surface area contributed by atoms with Crippen LogP contribution >= 0.6 is 0 Å². The van der Waals surface area contributed by atoms with E-state index in [4.69, 9.17) is 0 Å². The van der Waals surface area contributed by atoms with E-state index in [2.05, 4.69) is 11.4 Å². The molecule has 3 heteroatoms. The van der Waals surface area contributed by atoms with Crippen molar-refractivity contribution < 1.29 is 4.79 Å². The summed E-state index contributed by atoms with van der Waals surface area (Å²) >= 11 is 0. The number of nitrogens with one attached hydrogen (secondary N) is 1. The van der Waals surface area contributed by atoms with Gasteiger partial charge in [0.2, 0.25) is 0 Å². The van der Waals surface area contributed by atoms with Crippen molar-refractivity contribution in [3.8, 4) is 0 Å². The van der Waals surface area contributed by atoms with Gasteiger partial charge in [0.05, 0.1) is 0 Å². The summed E-state index contributed by atoms with van der Waals surface area (Å²) in [5.74, 6) is 0. The number of hydrogen-bond acceptors (Lipinski definition) is 3. The van der Waals surface area contributed by atoms with Crippen LogP contribution < -0.4 is 5.32 Å². The highest BCUT2D eigenvalue weighted by Gasteiger charge is 2.23. The van der Waals surface area contributed by atoms with Gasteiger partial charge in [-0.3, -0.25) is 0 Å². The van der Waals surface area contributed by atoms with Gasteiger partial charge in [0, 0.05) is 18.3 Å². The van der Waals surface area contributed by atoms with Crippen LogP contribution in [0.3, 0.4) is 0 Å². The summed E-state index contributed by atoms with van der Waals surface area (Å²) in [6, 6.07) is 10.6. The van der Waals surface area contributed by atoms with E-state index in [1.807, 2.05) is 50.2 Å². The molecule has 0 aromatic heterocycles. The molecule has 0 bridgehead atoms. The van der Waals surface area contributed by atoms with Crippen LogP contribution in [0.25, 0.3) is 0 Å². The first-order valence-electron chi connectivity index (χ1n) is 4.92. The Bertz CT molecular complexity index is 311. The monoisotopic (exact) mass is 205 g/mol. The molecular formula is C12H17N2O. The molecule has 3 nitrogen and oxygen atoms in total. The summed E-state index contributed by atoms with van der Waals surface area (Å²) in [4.78, 5) is 13.0. The molecule has 0 aliphatic carbocycles. The minimum Gasteiger partial charge on any atom is -0.372 e. The molecule has 0 aliphatic heterocycles. The van der Waals surface area contributed by atoms with E-state index in [0.29, 0.717) is 6.54 Å². The van der Waals surface area contributed by atoms with Crippen molar-refractivity contribution in [3.05, 3.63) is 30.3 Å². The number of aldehydes is 1. The molecule has 0 fully saturated rings. The molecule has 0 saturated heterocycles. The average Bonchev–Trinajstić information content (AvgIpc) is 2.18. The second-order valence-electron chi connectivity index (χ2n) is 4.17. The van der Waals surface area contributed by atoms with Gasteiger partial charge >= 0.3 is 0 Å². The van der Waals surface area contributed by atoms with Crippen molar-refractivity contribution in [2.24, 2.45) is 0 Å². The van der Waals surface area contributed by atoms with Gasteiger partial charge in [-0.05, 0) is 27.1 Å². The first-order chi connectivity index (χ1) is 7.06. The fourth-order valence-electron chi connectivity index (χ4n) is 1.54. The highest BCUT2D eigenvalue weighted by Crippen LogP contribution is 2.13. The van der Waals surface area contributed by atoms with Crippen LogP contribution in [0, 0.1) is 6.07 Å². The molecule has 1 aromatic rings. The average molecular weight is 205 g/mol. The molecule has 0 heterocycles. The third-order valence-corrected chi connectivity index (χ3v) is 2.03. The van der Waals surface area contributed by atoms with Crippen LogP contribution in [-0.4, -0.2) is 37.4 Å². The summed E-state index contributed by atoms with van der Waals surface area (Å²) in [6.45, 7) is 2.53.